The number of hydrogen-bond acceptors (Lipinski definition) is 5. The van der Waals surface area contributed by atoms with Gasteiger partial charge in [0.05, 0.1) is 17.9 Å². The number of fused-ring (bicyclic) bond motifs is 1. The average Bonchev–Trinajstić information content (AvgIpc) is 3.25. The highest BCUT2D eigenvalue weighted by atomic mass is 79.9. The Labute approximate surface area is 197 Å². The van der Waals surface area contributed by atoms with Gasteiger partial charge in [-0.25, -0.2) is 4.99 Å². The van der Waals surface area contributed by atoms with E-state index >= 15 is 0 Å². The first-order valence-electron chi connectivity index (χ1n) is 10.5. The van der Waals surface area contributed by atoms with E-state index in [-0.39, 0.29) is 17.2 Å². The largest absolute Gasteiger partial charge is 0.508 e. The van der Waals surface area contributed by atoms with Gasteiger partial charge in [-0.05, 0) is 96.2 Å². The van der Waals surface area contributed by atoms with E-state index in [4.69, 9.17) is 19.6 Å². The van der Waals surface area contributed by atoms with Crippen molar-refractivity contribution in [3.05, 3.63) is 68.9 Å². The van der Waals surface area contributed by atoms with E-state index in [0.717, 1.165) is 16.7 Å². The van der Waals surface area contributed by atoms with Gasteiger partial charge in [-0.1, -0.05) is 13.8 Å². The van der Waals surface area contributed by atoms with Crippen LogP contribution in [0.4, 0.5) is 5.69 Å². The standard InChI is InChI=1S/C23H23BrN2O4.C2H6/c1-12-8-15(27)5-6-18(12)26-21(25)20-10-17(24)22(30-20)29-19-9-16-14(7-13(19)2)11-28-23(16,3)4;1-2/h5-10,27H,11H2,1-4H3,(H2,25,26);1-2H3. The summed E-state index contributed by atoms with van der Waals surface area (Å²) >= 11 is 3.47. The molecule has 2 heterocycles. The lowest BCUT2D eigenvalue weighted by Crippen LogP contribution is -2.14. The summed E-state index contributed by atoms with van der Waals surface area (Å²) in [4.78, 5) is 4.41. The molecule has 0 saturated heterocycles. The smallest absolute Gasteiger partial charge is 0.305 e. The van der Waals surface area contributed by atoms with Crippen molar-refractivity contribution in [2.45, 2.75) is 53.8 Å². The molecule has 3 aromatic rings. The molecular formula is C25H29BrN2O4. The molecule has 32 heavy (non-hydrogen) atoms. The van der Waals surface area contributed by atoms with E-state index in [1.165, 1.54) is 5.56 Å². The Morgan fingerprint density at radius 2 is 1.84 bits per heavy atom. The fourth-order valence-electron chi connectivity index (χ4n) is 3.47. The minimum absolute atomic E-state index is 0.180. The molecule has 3 N–H and O–H groups in total. The number of aromatic hydroxyl groups is 1. The predicted molar refractivity (Wildman–Crippen MR) is 130 cm³/mol. The van der Waals surface area contributed by atoms with E-state index in [9.17, 15) is 5.11 Å². The third-order valence-corrected chi connectivity index (χ3v) is 5.72. The highest BCUT2D eigenvalue weighted by Crippen LogP contribution is 2.41. The Bertz CT molecular complexity index is 1160. The van der Waals surface area contributed by atoms with Crippen molar-refractivity contribution in [3.63, 3.8) is 0 Å². The number of aliphatic imine (C=N–C) groups is 1. The van der Waals surface area contributed by atoms with Gasteiger partial charge >= 0.3 is 5.95 Å². The molecule has 170 valence electrons. The average molecular weight is 501 g/mol. The molecule has 0 aliphatic carbocycles. The SMILES string of the molecule is CC.Cc1cc(O)ccc1N=C(N)c1cc(Br)c(Oc2cc3c(cc2C)COC3(C)C)o1. The summed E-state index contributed by atoms with van der Waals surface area (Å²) < 4.78 is 18.4. The van der Waals surface area contributed by atoms with Crippen LogP contribution in [0.25, 0.3) is 0 Å². The molecule has 1 aromatic heterocycles. The third-order valence-electron chi connectivity index (χ3n) is 5.17. The zero-order chi connectivity index (χ0) is 23.6. The Hall–Kier alpha value is -2.77. The Morgan fingerprint density at radius 3 is 2.53 bits per heavy atom. The molecule has 0 atom stereocenters. The van der Waals surface area contributed by atoms with Gasteiger partial charge < -0.3 is 24.7 Å². The second kappa shape index (κ2) is 9.38. The fraction of sp³-hybridized carbons (Fsp3) is 0.320. The second-order valence-electron chi connectivity index (χ2n) is 7.89. The van der Waals surface area contributed by atoms with Crippen LogP contribution in [-0.2, 0) is 16.9 Å². The van der Waals surface area contributed by atoms with E-state index in [1.807, 2.05) is 47.6 Å². The van der Waals surface area contributed by atoms with E-state index in [2.05, 4.69) is 27.0 Å². The molecule has 0 unspecified atom stereocenters. The van der Waals surface area contributed by atoms with Crippen molar-refractivity contribution in [2.24, 2.45) is 10.7 Å². The number of phenolic OH excluding ortho intramolecular Hbond substituents is 1. The van der Waals surface area contributed by atoms with Crippen molar-refractivity contribution < 1.29 is 19.0 Å². The quantitative estimate of drug-likeness (QED) is 0.297. The number of amidine groups is 1. The number of furan rings is 1. The molecule has 0 saturated carbocycles. The maximum atomic E-state index is 9.55. The van der Waals surface area contributed by atoms with Gasteiger partial charge in [-0.3, -0.25) is 0 Å². The van der Waals surface area contributed by atoms with Crippen molar-refractivity contribution in [3.8, 4) is 17.4 Å². The lowest BCUT2D eigenvalue weighted by atomic mass is 9.94. The molecule has 0 bridgehead atoms. The minimum Gasteiger partial charge on any atom is -0.508 e. The molecule has 0 spiro atoms. The highest BCUT2D eigenvalue weighted by molar-refractivity contribution is 9.10. The number of hydrogen-bond donors (Lipinski definition) is 2. The minimum atomic E-state index is -0.355. The normalized spacial score (nSPS) is 14.5. The number of nitrogens with two attached hydrogens (primary N) is 1. The highest BCUT2D eigenvalue weighted by Gasteiger charge is 2.32. The van der Waals surface area contributed by atoms with Gasteiger partial charge in [0.2, 0.25) is 0 Å². The Balaban J connectivity index is 0.00000141. The summed E-state index contributed by atoms with van der Waals surface area (Å²) in [5.74, 6) is 1.76. The number of phenols is 1. The fourth-order valence-corrected chi connectivity index (χ4v) is 3.84. The first kappa shape index (κ1) is 23.9. The third kappa shape index (κ3) is 4.84. The molecule has 1 aliphatic rings. The van der Waals surface area contributed by atoms with Crippen molar-refractivity contribution in [2.75, 3.05) is 0 Å². The summed E-state index contributed by atoms with van der Waals surface area (Å²) in [5.41, 5.74) is 10.5. The van der Waals surface area contributed by atoms with Gasteiger partial charge in [0.25, 0.3) is 0 Å². The zero-order valence-corrected chi connectivity index (χ0v) is 20.8. The van der Waals surface area contributed by atoms with E-state index in [0.29, 0.717) is 34.2 Å². The molecule has 6 nitrogen and oxygen atoms in total. The number of ether oxygens (including phenoxy) is 2. The van der Waals surface area contributed by atoms with Gasteiger partial charge in [-0.2, -0.15) is 0 Å². The number of halogens is 1. The molecular weight excluding hydrogens is 472 g/mol. The van der Waals surface area contributed by atoms with Crippen LogP contribution in [0, 0.1) is 13.8 Å². The van der Waals surface area contributed by atoms with Crippen LogP contribution in [0.2, 0.25) is 0 Å². The molecule has 2 aromatic carbocycles. The zero-order valence-electron chi connectivity index (χ0n) is 19.2. The predicted octanol–water partition coefficient (Wildman–Crippen LogP) is 6.99. The van der Waals surface area contributed by atoms with Crippen LogP contribution >= 0.6 is 15.9 Å². The van der Waals surface area contributed by atoms with Crippen LogP contribution in [0.5, 0.6) is 17.4 Å². The number of benzene rings is 2. The maximum Gasteiger partial charge on any atom is 0.305 e. The summed E-state index contributed by atoms with van der Waals surface area (Å²) in [7, 11) is 0. The molecule has 4 rings (SSSR count). The van der Waals surface area contributed by atoms with Gasteiger partial charge in [0.1, 0.15) is 16.0 Å². The van der Waals surface area contributed by atoms with Gasteiger partial charge in [0, 0.05) is 6.07 Å². The molecule has 7 heteroatoms. The van der Waals surface area contributed by atoms with E-state index in [1.54, 1.807) is 24.3 Å². The van der Waals surface area contributed by atoms with Crippen LogP contribution in [0.1, 0.15) is 55.7 Å². The maximum absolute atomic E-state index is 9.55. The summed E-state index contributed by atoms with van der Waals surface area (Å²) in [6, 6.07) is 10.7. The Morgan fingerprint density at radius 1 is 1.12 bits per heavy atom. The van der Waals surface area contributed by atoms with Crippen molar-refractivity contribution in [1.82, 2.24) is 0 Å². The van der Waals surface area contributed by atoms with Gasteiger partial charge in [-0.15, -0.1) is 0 Å². The topological polar surface area (TPSA) is 90.2 Å². The van der Waals surface area contributed by atoms with Gasteiger partial charge in [0.15, 0.2) is 11.6 Å². The van der Waals surface area contributed by atoms with Crippen LogP contribution in [0.3, 0.4) is 0 Å². The summed E-state index contributed by atoms with van der Waals surface area (Å²) in [6.07, 6.45) is 0. The lowest BCUT2D eigenvalue weighted by Gasteiger charge is -2.19. The van der Waals surface area contributed by atoms with Crippen molar-refractivity contribution >= 4 is 27.5 Å². The van der Waals surface area contributed by atoms with Crippen LogP contribution in [0.15, 0.2) is 50.3 Å². The molecule has 0 amide bonds. The monoisotopic (exact) mass is 500 g/mol. The molecule has 0 fully saturated rings. The summed E-state index contributed by atoms with van der Waals surface area (Å²) in [5, 5.41) is 9.55. The second-order valence-corrected chi connectivity index (χ2v) is 8.74. The molecule has 1 aliphatic heterocycles. The molecule has 0 radical (unpaired) electrons. The van der Waals surface area contributed by atoms with Crippen LogP contribution < -0.4 is 10.5 Å². The Kier molecular flexibility index (Phi) is 7.00. The first-order valence-corrected chi connectivity index (χ1v) is 11.3. The number of aryl methyl sites for hydroxylation is 2. The summed E-state index contributed by atoms with van der Waals surface area (Å²) in [6.45, 7) is 12.5. The first-order chi connectivity index (χ1) is 15.1. The van der Waals surface area contributed by atoms with Crippen molar-refractivity contribution in [1.29, 1.82) is 0 Å². The van der Waals surface area contributed by atoms with E-state index < -0.39 is 0 Å². The lowest BCUT2D eigenvalue weighted by molar-refractivity contribution is -0.00795. The number of nitrogens with zero attached hydrogens (tertiary/aromatic N) is 1. The number of rotatable bonds is 4. The van der Waals surface area contributed by atoms with Crippen LogP contribution in [-0.4, -0.2) is 10.9 Å².